The zero-order chi connectivity index (χ0) is 9.80. The van der Waals surface area contributed by atoms with E-state index in [0.717, 1.165) is 12.0 Å². The van der Waals surface area contributed by atoms with Gasteiger partial charge in [-0.1, -0.05) is 12.1 Å². The molecule has 0 saturated heterocycles. The molecule has 70 valence electrons. The number of hydrogen-bond acceptors (Lipinski definition) is 3. The normalized spacial score (nSPS) is 14.4. The van der Waals surface area contributed by atoms with E-state index >= 15 is 0 Å². The lowest BCUT2D eigenvalue weighted by Gasteiger charge is -2.21. The van der Waals surface area contributed by atoms with Crippen LogP contribution in [0.4, 0.5) is 5.69 Å². The highest BCUT2D eigenvalue weighted by Crippen LogP contribution is 2.19. The molecule has 0 fully saturated rings. The summed E-state index contributed by atoms with van der Waals surface area (Å²) in [6.07, 6.45) is 6.38. The Balaban J connectivity index is 2.35. The largest absolute Gasteiger partial charge is 0.327 e. The molecule has 0 N–H and O–H groups in total. The van der Waals surface area contributed by atoms with Crippen LogP contribution in [0.1, 0.15) is 10.4 Å². The fourth-order valence-corrected chi connectivity index (χ4v) is 1.39. The monoisotopic (exact) mass is 186 g/mol. The van der Waals surface area contributed by atoms with Gasteiger partial charge in [0.25, 0.3) is 0 Å². The Morgan fingerprint density at radius 3 is 2.93 bits per heavy atom. The van der Waals surface area contributed by atoms with Gasteiger partial charge < -0.3 is 4.90 Å². The van der Waals surface area contributed by atoms with E-state index in [1.54, 1.807) is 12.3 Å². The summed E-state index contributed by atoms with van der Waals surface area (Å²) in [5.74, 6) is 0. The molecule has 0 amide bonds. The molecule has 0 aromatic heterocycles. The van der Waals surface area contributed by atoms with E-state index in [0.29, 0.717) is 12.2 Å². The highest BCUT2D eigenvalue weighted by Gasteiger charge is 2.07. The summed E-state index contributed by atoms with van der Waals surface area (Å²) < 4.78 is 0. The molecule has 1 aromatic carbocycles. The van der Waals surface area contributed by atoms with Gasteiger partial charge in [-0.2, -0.15) is 0 Å². The van der Waals surface area contributed by atoms with Crippen LogP contribution in [0, 0.1) is 0 Å². The van der Waals surface area contributed by atoms with Gasteiger partial charge in [-0.05, 0) is 18.2 Å². The third kappa shape index (κ3) is 1.57. The van der Waals surface area contributed by atoms with Crippen LogP contribution >= 0.6 is 0 Å². The van der Waals surface area contributed by atoms with E-state index in [9.17, 15) is 4.79 Å². The lowest BCUT2D eigenvalue weighted by atomic mass is 10.2. The van der Waals surface area contributed by atoms with Crippen LogP contribution in [0.15, 0.2) is 41.5 Å². The number of benzene rings is 1. The van der Waals surface area contributed by atoms with Crippen molar-refractivity contribution in [2.45, 2.75) is 0 Å². The second-order valence-corrected chi connectivity index (χ2v) is 2.96. The van der Waals surface area contributed by atoms with Gasteiger partial charge >= 0.3 is 0 Å². The molecule has 0 aliphatic carbocycles. The second kappa shape index (κ2) is 3.87. The third-order valence-corrected chi connectivity index (χ3v) is 2.06. The van der Waals surface area contributed by atoms with Gasteiger partial charge in [-0.15, -0.1) is 0 Å². The summed E-state index contributed by atoms with van der Waals surface area (Å²) in [6.45, 7) is 0.571. The number of aldehydes is 1. The Hall–Kier alpha value is -1.90. The summed E-state index contributed by atoms with van der Waals surface area (Å²) in [4.78, 5) is 16.8. The quantitative estimate of drug-likeness (QED) is 0.660. The number of rotatable bonds is 2. The number of aliphatic imine (C=N–C) groups is 1. The third-order valence-electron chi connectivity index (χ3n) is 2.06. The Morgan fingerprint density at radius 2 is 2.21 bits per heavy atom. The average Bonchev–Trinajstić information content (AvgIpc) is 2.30. The van der Waals surface area contributed by atoms with Gasteiger partial charge in [-0.3, -0.25) is 9.79 Å². The Labute approximate surface area is 82.4 Å². The van der Waals surface area contributed by atoms with Crippen molar-refractivity contribution >= 4 is 18.2 Å². The van der Waals surface area contributed by atoms with Crippen molar-refractivity contribution in [1.29, 1.82) is 0 Å². The van der Waals surface area contributed by atoms with Crippen LogP contribution in [0.5, 0.6) is 0 Å². The summed E-state index contributed by atoms with van der Waals surface area (Å²) in [7, 11) is 0. The number of allylic oxidation sites excluding steroid dienone is 1. The molecule has 1 aliphatic rings. The molecule has 1 aromatic rings. The SMILES string of the molecule is O=Cc1ccccc1N1C=CC=NC1. The maximum Gasteiger partial charge on any atom is 0.152 e. The first-order valence-electron chi connectivity index (χ1n) is 4.39. The van der Waals surface area contributed by atoms with Gasteiger partial charge in [0.1, 0.15) is 6.67 Å². The Kier molecular flexibility index (Phi) is 2.40. The van der Waals surface area contributed by atoms with Crippen molar-refractivity contribution in [3.05, 3.63) is 42.1 Å². The molecule has 0 saturated carbocycles. The van der Waals surface area contributed by atoms with E-state index in [2.05, 4.69) is 4.99 Å². The maximum absolute atomic E-state index is 10.8. The van der Waals surface area contributed by atoms with Crippen LogP contribution in [-0.4, -0.2) is 19.2 Å². The Morgan fingerprint density at radius 1 is 1.36 bits per heavy atom. The van der Waals surface area contributed by atoms with Crippen molar-refractivity contribution < 1.29 is 4.79 Å². The van der Waals surface area contributed by atoms with Crippen molar-refractivity contribution in [2.75, 3.05) is 11.6 Å². The van der Waals surface area contributed by atoms with E-state index < -0.39 is 0 Å². The molecule has 0 unspecified atom stereocenters. The maximum atomic E-state index is 10.8. The summed E-state index contributed by atoms with van der Waals surface area (Å²) in [5, 5.41) is 0. The van der Waals surface area contributed by atoms with Crippen molar-refractivity contribution in [3.63, 3.8) is 0 Å². The van der Waals surface area contributed by atoms with Crippen LogP contribution in [0.2, 0.25) is 0 Å². The van der Waals surface area contributed by atoms with E-state index in [1.807, 2.05) is 35.4 Å². The number of para-hydroxylation sites is 1. The average molecular weight is 186 g/mol. The number of carbonyl (C=O) groups is 1. The molecule has 3 nitrogen and oxygen atoms in total. The molecule has 0 bridgehead atoms. The summed E-state index contributed by atoms with van der Waals surface area (Å²) in [5.41, 5.74) is 1.59. The van der Waals surface area contributed by atoms with Crippen molar-refractivity contribution in [1.82, 2.24) is 0 Å². The molecule has 0 atom stereocenters. The summed E-state index contributed by atoms with van der Waals surface area (Å²) >= 11 is 0. The predicted octanol–water partition coefficient (Wildman–Crippen LogP) is 1.86. The second-order valence-electron chi connectivity index (χ2n) is 2.96. The van der Waals surface area contributed by atoms with Crippen LogP contribution in [-0.2, 0) is 0 Å². The molecular formula is C11H10N2O. The number of hydrogen-bond donors (Lipinski definition) is 0. The summed E-state index contributed by atoms with van der Waals surface area (Å²) in [6, 6.07) is 7.47. The van der Waals surface area contributed by atoms with Crippen molar-refractivity contribution in [3.8, 4) is 0 Å². The minimum atomic E-state index is 0.571. The van der Waals surface area contributed by atoms with Crippen molar-refractivity contribution in [2.24, 2.45) is 4.99 Å². The van der Waals surface area contributed by atoms with E-state index in [-0.39, 0.29) is 0 Å². The van der Waals surface area contributed by atoms with Crippen LogP contribution in [0.3, 0.4) is 0 Å². The van der Waals surface area contributed by atoms with Gasteiger partial charge in [0.05, 0.1) is 5.69 Å². The van der Waals surface area contributed by atoms with Gasteiger partial charge in [0.2, 0.25) is 0 Å². The Bertz CT molecular complexity index is 396. The first-order chi connectivity index (χ1) is 6.92. The van der Waals surface area contributed by atoms with Gasteiger partial charge in [-0.25, -0.2) is 0 Å². The minimum Gasteiger partial charge on any atom is -0.327 e. The highest BCUT2D eigenvalue weighted by molar-refractivity contribution is 5.85. The van der Waals surface area contributed by atoms with Crippen LogP contribution in [0.25, 0.3) is 0 Å². The fourth-order valence-electron chi connectivity index (χ4n) is 1.39. The molecule has 0 radical (unpaired) electrons. The lowest BCUT2D eigenvalue weighted by molar-refractivity contribution is 0.112. The number of nitrogens with zero attached hydrogens (tertiary/aromatic N) is 2. The topological polar surface area (TPSA) is 32.7 Å². The zero-order valence-electron chi connectivity index (χ0n) is 7.63. The number of carbonyl (C=O) groups excluding carboxylic acids is 1. The molecule has 3 heteroatoms. The standard InChI is InChI=1S/C11H10N2O/c14-8-10-4-1-2-5-11(10)13-7-3-6-12-9-13/h1-8H,9H2. The van der Waals surface area contributed by atoms with Gasteiger partial charge in [0, 0.05) is 18.0 Å². The zero-order valence-corrected chi connectivity index (χ0v) is 7.63. The van der Waals surface area contributed by atoms with Gasteiger partial charge in [0.15, 0.2) is 6.29 Å². The molecule has 14 heavy (non-hydrogen) atoms. The lowest BCUT2D eigenvalue weighted by Crippen LogP contribution is -2.19. The predicted molar refractivity (Wildman–Crippen MR) is 56.8 cm³/mol. The molecule has 1 aliphatic heterocycles. The van der Waals surface area contributed by atoms with E-state index in [4.69, 9.17) is 0 Å². The van der Waals surface area contributed by atoms with E-state index in [1.165, 1.54) is 0 Å². The van der Waals surface area contributed by atoms with Crippen LogP contribution < -0.4 is 4.90 Å². The smallest absolute Gasteiger partial charge is 0.152 e. The molecule has 0 spiro atoms. The molecule has 1 heterocycles. The number of anilines is 1. The first-order valence-corrected chi connectivity index (χ1v) is 4.39. The minimum absolute atomic E-state index is 0.571. The fraction of sp³-hybridized carbons (Fsp3) is 0.0909. The molecular weight excluding hydrogens is 176 g/mol. The first kappa shape index (κ1) is 8.69. The molecule has 2 rings (SSSR count). The highest BCUT2D eigenvalue weighted by atomic mass is 16.1.